The molecule has 9 heteroatoms. The maximum atomic E-state index is 12.3. The molecule has 0 saturated heterocycles. The average molecular weight is 405 g/mol. The van der Waals surface area contributed by atoms with Crippen LogP contribution >= 0.6 is 11.8 Å². The predicted octanol–water partition coefficient (Wildman–Crippen LogP) is 3.98. The van der Waals surface area contributed by atoms with E-state index in [9.17, 15) is 23.6 Å². The standard InChI is InChI=1S/C19H17F2N3O3S/c1-24(2)18(26)12-3-5-14(6-4-12)23-17(25)13(10-22)9-15-7-8-16(27-15)11-28-19(20)21/h3-9,19H,11H2,1-2H3,(H,23,25)/b13-9+. The lowest BCUT2D eigenvalue weighted by atomic mass is 10.1. The van der Waals surface area contributed by atoms with Gasteiger partial charge >= 0.3 is 0 Å². The molecule has 0 spiro atoms. The third kappa shape index (κ3) is 5.96. The first kappa shape index (κ1) is 21.2. The van der Waals surface area contributed by atoms with Gasteiger partial charge in [-0.05, 0) is 36.4 Å². The van der Waals surface area contributed by atoms with E-state index in [1.54, 1.807) is 44.4 Å². The Morgan fingerprint density at radius 2 is 1.93 bits per heavy atom. The number of carbonyl (C=O) groups excluding carboxylic acids is 2. The van der Waals surface area contributed by atoms with Crippen molar-refractivity contribution in [1.29, 1.82) is 5.26 Å². The molecule has 2 aromatic rings. The minimum Gasteiger partial charge on any atom is -0.461 e. The topological polar surface area (TPSA) is 86.3 Å². The first-order chi connectivity index (χ1) is 13.3. The molecule has 0 bridgehead atoms. The summed E-state index contributed by atoms with van der Waals surface area (Å²) in [7, 11) is 3.27. The number of amides is 2. The van der Waals surface area contributed by atoms with Crippen LogP contribution in [0, 0.1) is 11.3 Å². The van der Waals surface area contributed by atoms with Crippen molar-refractivity contribution in [2.24, 2.45) is 0 Å². The first-order valence-corrected chi connectivity index (χ1v) is 9.08. The van der Waals surface area contributed by atoms with Gasteiger partial charge in [0, 0.05) is 31.4 Å². The molecule has 0 aliphatic rings. The van der Waals surface area contributed by atoms with Gasteiger partial charge in [0.05, 0.1) is 5.75 Å². The number of alkyl halides is 2. The summed E-state index contributed by atoms with van der Waals surface area (Å²) in [5, 5.41) is 11.8. The van der Waals surface area contributed by atoms with E-state index in [0.717, 1.165) is 0 Å². The van der Waals surface area contributed by atoms with E-state index in [0.29, 0.717) is 28.8 Å². The van der Waals surface area contributed by atoms with Crippen molar-refractivity contribution in [2.75, 3.05) is 19.4 Å². The second kappa shape index (κ2) is 9.71. The van der Waals surface area contributed by atoms with Crippen molar-refractivity contribution in [1.82, 2.24) is 4.90 Å². The quantitative estimate of drug-likeness (QED) is 0.556. The fourth-order valence-electron chi connectivity index (χ4n) is 2.14. The molecule has 2 rings (SSSR count). The van der Waals surface area contributed by atoms with Gasteiger partial charge < -0.3 is 14.6 Å². The maximum absolute atomic E-state index is 12.3. The minimum absolute atomic E-state index is 0.0163. The highest BCUT2D eigenvalue weighted by Crippen LogP contribution is 2.22. The van der Waals surface area contributed by atoms with E-state index in [2.05, 4.69) is 5.32 Å². The Labute approximate surface area is 164 Å². The number of nitriles is 1. The summed E-state index contributed by atoms with van der Waals surface area (Å²) in [6.07, 6.45) is 1.23. The number of furan rings is 1. The third-order valence-electron chi connectivity index (χ3n) is 3.48. The normalized spacial score (nSPS) is 11.2. The summed E-state index contributed by atoms with van der Waals surface area (Å²) in [6.45, 7) is 0. The van der Waals surface area contributed by atoms with Gasteiger partial charge in [0.2, 0.25) is 0 Å². The SMILES string of the molecule is CN(C)C(=O)c1ccc(NC(=O)/C(C#N)=C/c2ccc(CSC(F)F)o2)cc1. The smallest absolute Gasteiger partial charge is 0.284 e. The van der Waals surface area contributed by atoms with E-state index < -0.39 is 11.7 Å². The van der Waals surface area contributed by atoms with E-state index in [1.807, 2.05) is 0 Å². The molecule has 1 aromatic heterocycles. The second-order valence-electron chi connectivity index (χ2n) is 5.78. The number of thioether (sulfide) groups is 1. The fraction of sp³-hybridized carbons (Fsp3) is 0.211. The molecule has 146 valence electrons. The van der Waals surface area contributed by atoms with Gasteiger partial charge in [-0.2, -0.15) is 14.0 Å². The Kier molecular flexibility index (Phi) is 7.35. The van der Waals surface area contributed by atoms with E-state index in [-0.39, 0.29) is 23.0 Å². The van der Waals surface area contributed by atoms with Gasteiger partial charge in [-0.15, -0.1) is 0 Å². The zero-order valence-corrected chi connectivity index (χ0v) is 15.9. The summed E-state index contributed by atoms with van der Waals surface area (Å²) < 4.78 is 29.7. The Hall–Kier alpha value is -3.12. The number of rotatable bonds is 7. The van der Waals surface area contributed by atoms with Crippen LogP contribution in [-0.2, 0) is 10.5 Å². The molecular formula is C19H17F2N3O3S. The molecule has 0 radical (unpaired) electrons. The highest BCUT2D eigenvalue weighted by atomic mass is 32.2. The van der Waals surface area contributed by atoms with Crippen LogP contribution in [0.5, 0.6) is 0 Å². The zero-order valence-electron chi connectivity index (χ0n) is 15.1. The summed E-state index contributed by atoms with van der Waals surface area (Å²) in [5.74, 6) is -2.83. The van der Waals surface area contributed by atoms with Crippen molar-refractivity contribution >= 4 is 35.3 Å². The van der Waals surface area contributed by atoms with Gasteiger partial charge in [0.15, 0.2) is 0 Å². The summed E-state index contributed by atoms with van der Waals surface area (Å²) >= 11 is 0.416. The van der Waals surface area contributed by atoms with Gasteiger partial charge in [-0.3, -0.25) is 9.59 Å². The molecule has 28 heavy (non-hydrogen) atoms. The molecule has 1 aromatic carbocycles. The van der Waals surface area contributed by atoms with E-state index in [1.165, 1.54) is 23.1 Å². The van der Waals surface area contributed by atoms with Crippen LogP contribution in [0.15, 0.2) is 46.4 Å². The van der Waals surface area contributed by atoms with Gasteiger partial charge in [0.1, 0.15) is 23.2 Å². The van der Waals surface area contributed by atoms with Crippen LogP contribution in [-0.4, -0.2) is 36.6 Å². The lowest BCUT2D eigenvalue weighted by Crippen LogP contribution is -2.21. The predicted molar refractivity (Wildman–Crippen MR) is 103 cm³/mol. The monoisotopic (exact) mass is 405 g/mol. The molecule has 0 fully saturated rings. The number of nitrogens with one attached hydrogen (secondary N) is 1. The highest BCUT2D eigenvalue weighted by molar-refractivity contribution is 7.98. The Balaban J connectivity index is 2.06. The zero-order chi connectivity index (χ0) is 20.7. The van der Waals surface area contributed by atoms with Gasteiger partial charge in [-0.25, -0.2) is 0 Å². The van der Waals surface area contributed by atoms with Crippen LogP contribution in [0.25, 0.3) is 6.08 Å². The fourth-order valence-corrected chi connectivity index (χ4v) is 2.58. The molecule has 0 aliphatic carbocycles. The molecule has 0 aliphatic heterocycles. The third-order valence-corrected chi connectivity index (χ3v) is 4.18. The Morgan fingerprint density at radius 3 is 2.50 bits per heavy atom. The molecule has 6 nitrogen and oxygen atoms in total. The van der Waals surface area contributed by atoms with Crippen LogP contribution in [0.2, 0.25) is 0 Å². The van der Waals surface area contributed by atoms with Crippen LogP contribution < -0.4 is 5.32 Å². The largest absolute Gasteiger partial charge is 0.461 e. The lowest BCUT2D eigenvalue weighted by Gasteiger charge is -2.10. The first-order valence-electron chi connectivity index (χ1n) is 8.03. The summed E-state index contributed by atoms with van der Waals surface area (Å²) in [5.41, 5.74) is 0.662. The number of carbonyl (C=O) groups is 2. The van der Waals surface area contributed by atoms with Crippen molar-refractivity contribution in [3.63, 3.8) is 0 Å². The molecule has 1 N–H and O–H groups in total. The summed E-state index contributed by atoms with van der Waals surface area (Å²) in [4.78, 5) is 25.6. The number of hydrogen-bond donors (Lipinski definition) is 1. The number of anilines is 1. The molecule has 0 unspecified atom stereocenters. The number of halogens is 2. The van der Waals surface area contributed by atoms with Crippen molar-refractivity contribution in [3.05, 3.63) is 59.1 Å². The van der Waals surface area contributed by atoms with Gasteiger partial charge in [0.25, 0.3) is 17.6 Å². The molecule has 2 amide bonds. The molecule has 0 atom stereocenters. The average Bonchev–Trinajstić information content (AvgIpc) is 3.11. The van der Waals surface area contributed by atoms with E-state index in [4.69, 9.17) is 4.42 Å². The lowest BCUT2D eigenvalue weighted by molar-refractivity contribution is -0.112. The molecular weight excluding hydrogens is 388 g/mol. The van der Waals surface area contributed by atoms with Crippen LogP contribution in [0.4, 0.5) is 14.5 Å². The molecule has 1 heterocycles. The second-order valence-corrected chi connectivity index (χ2v) is 6.75. The number of benzene rings is 1. The maximum Gasteiger partial charge on any atom is 0.284 e. The molecule has 0 saturated carbocycles. The van der Waals surface area contributed by atoms with E-state index >= 15 is 0 Å². The van der Waals surface area contributed by atoms with Crippen molar-refractivity contribution in [2.45, 2.75) is 11.5 Å². The van der Waals surface area contributed by atoms with Crippen LogP contribution in [0.3, 0.4) is 0 Å². The Bertz CT molecular complexity index is 915. The number of hydrogen-bond acceptors (Lipinski definition) is 5. The van der Waals surface area contributed by atoms with Gasteiger partial charge in [-0.1, -0.05) is 11.8 Å². The summed E-state index contributed by atoms with van der Waals surface area (Å²) in [6, 6.07) is 11.0. The number of nitrogens with zero attached hydrogens (tertiary/aromatic N) is 2. The van der Waals surface area contributed by atoms with Crippen molar-refractivity contribution in [3.8, 4) is 6.07 Å². The minimum atomic E-state index is -2.51. The highest BCUT2D eigenvalue weighted by Gasteiger charge is 2.13. The Morgan fingerprint density at radius 1 is 1.25 bits per heavy atom. The van der Waals surface area contributed by atoms with Crippen molar-refractivity contribution < 1.29 is 22.8 Å². The van der Waals surface area contributed by atoms with Crippen LogP contribution in [0.1, 0.15) is 21.9 Å².